The summed E-state index contributed by atoms with van der Waals surface area (Å²) in [6, 6.07) is 17.2. The summed E-state index contributed by atoms with van der Waals surface area (Å²) in [6.07, 6.45) is 3.94. The van der Waals surface area contributed by atoms with Crippen LogP contribution < -0.4 is 4.90 Å². The summed E-state index contributed by atoms with van der Waals surface area (Å²) in [4.78, 5) is 29.4. The van der Waals surface area contributed by atoms with Crippen molar-refractivity contribution >= 4 is 11.7 Å². The Kier molecular flexibility index (Phi) is 5.19. The van der Waals surface area contributed by atoms with Gasteiger partial charge >= 0.3 is 0 Å². The van der Waals surface area contributed by atoms with E-state index in [0.717, 1.165) is 68.3 Å². The minimum atomic E-state index is 0.115. The fourth-order valence-corrected chi connectivity index (χ4v) is 5.40. The summed E-state index contributed by atoms with van der Waals surface area (Å²) in [7, 11) is 2.18. The van der Waals surface area contributed by atoms with Crippen molar-refractivity contribution in [3.8, 4) is 11.3 Å². The van der Waals surface area contributed by atoms with E-state index in [9.17, 15) is 4.79 Å². The molecule has 0 N–H and O–H groups in total. The normalized spacial score (nSPS) is 19.2. The molecular weight excluding hydrogens is 410 g/mol. The highest BCUT2D eigenvalue weighted by atomic mass is 16.2. The molecule has 3 aromatic rings. The molecule has 0 saturated carbocycles. The first kappa shape index (κ1) is 20.5. The Morgan fingerprint density at radius 2 is 1.73 bits per heavy atom. The van der Waals surface area contributed by atoms with Crippen LogP contribution in [0.5, 0.6) is 0 Å². The standard InChI is InChI=1S/C27H29N5O/c1-30-9-11-31(12-10-30)18-19-5-4-8-22(13-19)25-17-28-24-16-26(33)32(27(24)29-25)23-14-20-6-2-3-7-21(20)15-23/h2-8,13,17,23H,9-12,14-16,18H2,1H3. The van der Waals surface area contributed by atoms with Gasteiger partial charge in [-0.3, -0.25) is 19.6 Å². The smallest absolute Gasteiger partial charge is 0.234 e. The fraction of sp³-hybridized carbons (Fsp3) is 0.370. The largest absolute Gasteiger partial charge is 0.304 e. The molecule has 0 spiro atoms. The van der Waals surface area contributed by atoms with Crippen molar-refractivity contribution in [2.24, 2.45) is 0 Å². The number of nitrogens with zero attached hydrogens (tertiary/aromatic N) is 5. The first-order valence-electron chi connectivity index (χ1n) is 11.9. The van der Waals surface area contributed by atoms with Crippen LogP contribution >= 0.6 is 0 Å². The highest BCUT2D eigenvalue weighted by Crippen LogP contribution is 2.35. The number of aromatic nitrogens is 2. The van der Waals surface area contributed by atoms with Gasteiger partial charge < -0.3 is 4.90 Å². The molecule has 2 aliphatic heterocycles. The molecule has 6 nitrogen and oxygen atoms in total. The number of carbonyl (C=O) groups excluding carboxylic acids is 1. The quantitative estimate of drug-likeness (QED) is 0.626. The van der Waals surface area contributed by atoms with E-state index >= 15 is 0 Å². The first-order chi connectivity index (χ1) is 16.1. The summed E-state index contributed by atoms with van der Waals surface area (Å²) < 4.78 is 0. The van der Waals surface area contributed by atoms with E-state index in [0.29, 0.717) is 6.42 Å². The minimum absolute atomic E-state index is 0.115. The van der Waals surface area contributed by atoms with Crippen molar-refractivity contribution in [1.29, 1.82) is 0 Å². The SMILES string of the molecule is CN1CCN(Cc2cccc(-c3cnc4c(n3)N(C3Cc5ccccc5C3)C(=O)C4)c2)CC1. The van der Waals surface area contributed by atoms with E-state index in [4.69, 9.17) is 4.98 Å². The zero-order chi connectivity index (χ0) is 22.4. The number of carbonyl (C=O) groups is 1. The maximum absolute atomic E-state index is 13.0. The Balaban J connectivity index is 1.25. The van der Waals surface area contributed by atoms with Crippen molar-refractivity contribution in [2.75, 3.05) is 38.1 Å². The fourth-order valence-electron chi connectivity index (χ4n) is 5.40. The van der Waals surface area contributed by atoms with Gasteiger partial charge in [0.05, 0.1) is 24.0 Å². The molecule has 1 amide bonds. The molecule has 1 aromatic heterocycles. The first-order valence-corrected chi connectivity index (χ1v) is 11.9. The van der Waals surface area contributed by atoms with Crippen LogP contribution in [-0.4, -0.2) is 64.9 Å². The number of benzene rings is 2. The van der Waals surface area contributed by atoms with Gasteiger partial charge in [0.25, 0.3) is 0 Å². The van der Waals surface area contributed by atoms with Gasteiger partial charge in [0.1, 0.15) is 0 Å². The molecule has 6 heteroatoms. The monoisotopic (exact) mass is 439 g/mol. The third-order valence-corrected chi connectivity index (χ3v) is 7.26. The summed E-state index contributed by atoms with van der Waals surface area (Å²) in [5.41, 5.74) is 6.66. The number of amides is 1. The topological polar surface area (TPSA) is 52.6 Å². The van der Waals surface area contributed by atoms with E-state index in [-0.39, 0.29) is 11.9 Å². The van der Waals surface area contributed by atoms with Gasteiger partial charge in [-0.25, -0.2) is 4.98 Å². The van der Waals surface area contributed by atoms with Crippen LogP contribution in [0.2, 0.25) is 0 Å². The van der Waals surface area contributed by atoms with E-state index in [1.54, 1.807) is 0 Å². The minimum Gasteiger partial charge on any atom is -0.304 e. The third-order valence-electron chi connectivity index (χ3n) is 7.26. The lowest BCUT2D eigenvalue weighted by atomic mass is 10.1. The molecule has 1 aliphatic carbocycles. The average Bonchev–Trinajstić information content (AvgIpc) is 3.39. The van der Waals surface area contributed by atoms with Gasteiger partial charge in [0.2, 0.25) is 5.91 Å². The van der Waals surface area contributed by atoms with Crippen molar-refractivity contribution < 1.29 is 4.79 Å². The van der Waals surface area contributed by atoms with Crippen molar-refractivity contribution in [2.45, 2.75) is 31.8 Å². The highest BCUT2D eigenvalue weighted by molar-refractivity contribution is 6.00. The summed E-state index contributed by atoms with van der Waals surface area (Å²) >= 11 is 0. The molecule has 0 bridgehead atoms. The molecule has 0 atom stereocenters. The molecular formula is C27H29N5O. The van der Waals surface area contributed by atoms with Crippen LogP contribution in [0, 0.1) is 0 Å². The predicted molar refractivity (Wildman–Crippen MR) is 129 cm³/mol. The van der Waals surface area contributed by atoms with Crippen LogP contribution in [0.25, 0.3) is 11.3 Å². The van der Waals surface area contributed by atoms with Gasteiger partial charge in [-0.05, 0) is 42.6 Å². The molecule has 6 rings (SSSR count). The van der Waals surface area contributed by atoms with Crippen molar-refractivity contribution in [3.63, 3.8) is 0 Å². The van der Waals surface area contributed by atoms with Crippen molar-refractivity contribution in [1.82, 2.24) is 19.8 Å². The van der Waals surface area contributed by atoms with E-state index < -0.39 is 0 Å². The molecule has 3 heterocycles. The number of rotatable bonds is 4. The zero-order valence-electron chi connectivity index (χ0n) is 19.1. The lowest BCUT2D eigenvalue weighted by Crippen LogP contribution is -2.43. The Labute approximate surface area is 194 Å². The van der Waals surface area contributed by atoms with Crippen LogP contribution in [0.4, 0.5) is 5.82 Å². The molecule has 3 aliphatic rings. The van der Waals surface area contributed by atoms with E-state index in [1.807, 2.05) is 11.1 Å². The number of hydrogen-bond donors (Lipinski definition) is 0. The van der Waals surface area contributed by atoms with Gasteiger partial charge in [0.15, 0.2) is 5.82 Å². The molecule has 2 aromatic carbocycles. The molecule has 0 radical (unpaired) electrons. The highest BCUT2D eigenvalue weighted by Gasteiger charge is 2.38. The average molecular weight is 440 g/mol. The van der Waals surface area contributed by atoms with Crippen molar-refractivity contribution in [3.05, 3.63) is 77.1 Å². The van der Waals surface area contributed by atoms with Gasteiger partial charge in [0, 0.05) is 44.3 Å². The van der Waals surface area contributed by atoms with Crippen LogP contribution in [-0.2, 0) is 30.6 Å². The maximum atomic E-state index is 13.0. The lowest BCUT2D eigenvalue weighted by molar-refractivity contribution is -0.117. The third kappa shape index (κ3) is 3.94. The number of anilines is 1. The Bertz CT molecular complexity index is 1180. The lowest BCUT2D eigenvalue weighted by Gasteiger charge is -2.32. The molecule has 1 fully saturated rings. The molecule has 0 unspecified atom stereocenters. The van der Waals surface area contributed by atoms with Gasteiger partial charge in [-0.15, -0.1) is 0 Å². The summed E-state index contributed by atoms with van der Waals surface area (Å²) in [5, 5.41) is 0. The maximum Gasteiger partial charge on any atom is 0.234 e. The Morgan fingerprint density at radius 1 is 0.970 bits per heavy atom. The van der Waals surface area contributed by atoms with Crippen LogP contribution in [0.3, 0.4) is 0 Å². The molecule has 168 valence electrons. The second-order valence-corrected chi connectivity index (χ2v) is 9.58. The van der Waals surface area contributed by atoms with E-state index in [2.05, 4.69) is 70.4 Å². The number of piperazine rings is 1. The van der Waals surface area contributed by atoms with E-state index in [1.165, 1.54) is 16.7 Å². The summed E-state index contributed by atoms with van der Waals surface area (Å²) in [6.45, 7) is 5.38. The molecule has 33 heavy (non-hydrogen) atoms. The second-order valence-electron chi connectivity index (χ2n) is 9.58. The number of hydrogen-bond acceptors (Lipinski definition) is 5. The Hall–Kier alpha value is -3.09. The van der Waals surface area contributed by atoms with Gasteiger partial charge in [-0.1, -0.05) is 42.5 Å². The Morgan fingerprint density at radius 3 is 2.48 bits per heavy atom. The van der Waals surface area contributed by atoms with Gasteiger partial charge in [-0.2, -0.15) is 0 Å². The van der Waals surface area contributed by atoms with Crippen LogP contribution in [0.1, 0.15) is 22.4 Å². The van der Waals surface area contributed by atoms with Crippen LogP contribution in [0.15, 0.2) is 54.7 Å². The summed E-state index contributed by atoms with van der Waals surface area (Å²) in [5.74, 6) is 0.864. The second kappa shape index (κ2) is 8.36. The predicted octanol–water partition coefficient (Wildman–Crippen LogP) is 2.95. The molecule has 1 saturated heterocycles. The number of likely N-dealkylation sites (N-methyl/N-ethyl adjacent to an activating group) is 1. The zero-order valence-corrected chi connectivity index (χ0v) is 19.1. The number of fused-ring (bicyclic) bond motifs is 2.